The standard InChI is InChI=1S/C12H12N2O4/c1-2-6-13-7-8(12(15)16)11-9(13)4-3-5-10(11)14(17)18/h3-5,7H,2,6H2,1H3,(H,15,16). The molecule has 0 bridgehead atoms. The van der Waals surface area contributed by atoms with E-state index in [2.05, 4.69) is 0 Å². The number of aromatic nitrogens is 1. The Hall–Kier alpha value is -2.37. The van der Waals surface area contributed by atoms with Crippen molar-refractivity contribution in [3.05, 3.63) is 40.1 Å². The Morgan fingerprint density at radius 2 is 2.22 bits per heavy atom. The molecule has 2 rings (SSSR count). The van der Waals surface area contributed by atoms with E-state index in [1.165, 1.54) is 12.3 Å². The molecule has 0 unspecified atom stereocenters. The van der Waals surface area contributed by atoms with Crippen molar-refractivity contribution in [2.24, 2.45) is 0 Å². The summed E-state index contributed by atoms with van der Waals surface area (Å²) in [5.74, 6) is -1.15. The second kappa shape index (κ2) is 4.48. The van der Waals surface area contributed by atoms with Crippen LogP contribution in [0.5, 0.6) is 0 Å². The van der Waals surface area contributed by atoms with Crippen LogP contribution in [0.2, 0.25) is 0 Å². The topological polar surface area (TPSA) is 85.4 Å². The number of hydrogen-bond donors (Lipinski definition) is 1. The number of benzene rings is 1. The number of hydrogen-bond acceptors (Lipinski definition) is 3. The van der Waals surface area contributed by atoms with Crippen molar-refractivity contribution < 1.29 is 14.8 Å². The fraction of sp³-hybridized carbons (Fsp3) is 0.250. The van der Waals surface area contributed by atoms with Crippen LogP contribution in [0.1, 0.15) is 23.7 Å². The van der Waals surface area contributed by atoms with Crippen LogP contribution in [0.4, 0.5) is 5.69 Å². The molecule has 2 aromatic rings. The quantitative estimate of drug-likeness (QED) is 0.665. The molecule has 94 valence electrons. The third-order valence-corrected chi connectivity index (χ3v) is 2.78. The van der Waals surface area contributed by atoms with E-state index in [4.69, 9.17) is 5.11 Å². The highest BCUT2D eigenvalue weighted by Gasteiger charge is 2.22. The molecule has 0 amide bonds. The van der Waals surface area contributed by atoms with Crippen LogP contribution >= 0.6 is 0 Å². The van der Waals surface area contributed by atoms with Gasteiger partial charge in [-0.2, -0.15) is 0 Å². The number of aromatic carboxylic acids is 1. The molecule has 1 aromatic carbocycles. The summed E-state index contributed by atoms with van der Waals surface area (Å²) in [6, 6.07) is 4.59. The van der Waals surface area contributed by atoms with Crippen molar-refractivity contribution in [2.45, 2.75) is 19.9 Å². The van der Waals surface area contributed by atoms with Gasteiger partial charge in [0.15, 0.2) is 0 Å². The smallest absolute Gasteiger partial charge is 0.338 e. The summed E-state index contributed by atoms with van der Waals surface area (Å²) in [5.41, 5.74) is 0.397. The number of carbonyl (C=O) groups is 1. The van der Waals surface area contributed by atoms with Crippen molar-refractivity contribution in [2.75, 3.05) is 0 Å². The number of nitrogens with zero attached hydrogens (tertiary/aromatic N) is 2. The fourth-order valence-corrected chi connectivity index (χ4v) is 2.07. The molecule has 1 aromatic heterocycles. The molecule has 0 spiro atoms. The van der Waals surface area contributed by atoms with E-state index in [1.54, 1.807) is 16.7 Å². The van der Waals surface area contributed by atoms with E-state index >= 15 is 0 Å². The van der Waals surface area contributed by atoms with Crippen molar-refractivity contribution >= 4 is 22.6 Å². The van der Waals surface area contributed by atoms with Gasteiger partial charge in [0.25, 0.3) is 5.69 Å². The number of carboxylic acids is 1. The second-order valence-corrected chi connectivity index (χ2v) is 3.97. The molecule has 18 heavy (non-hydrogen) atoms. The van der Waals surface area contributed by atoms with Crippen molar-refractivity contribution in [3.63, 3.8) is 0 Å². The third-order valence-electron chi connectivity index (χ3n) is 2.78. The van der Waals surface area contributed by atoms with Crippen LogP contribution in [0.25, 0.3) is 10.9 Å². The van der Waals surface area contributed by atoms with Gasteiger partial charge in [-0.05, 0) is 12.5 Å². The Balaban J connectivity index is 2.82. The van der Waals surface area contributed by atoms with Crippen LogP contribution < -0.4 is 0 Å². The molecule has 6 heteroatoms. The van der Waals surface area contributed by atoms with E-state index in [0.717, 1.165) is 6.42 Å². The van der Waals surface area contributed by atoms with Gasteiger partial charge in [0.2, 0.25) is 0 Å². The molecule has 1 N–H and O–H groups in total. The van der Waals surface area contributed by atoms with Crippen molar-refractivity contribution in [3.8, 4) is 0 Å². The van der Waals surface area contributed by atoms with Gasteiger partial charge in [0.1, 0.15) is 0 Å². The summed E-state index contributed by atoms with van der Waals surface area (Å²) >= 11 is 0. The Kier molecular flexibility index (Phi) is 3.01. The molecule has 1 heterocycles. The summed E-state index contributed by atoms with van der Waals surface area (Å²) in [6.45, 7) is 2.59. The lowest BCUT2D eigenvalue weighted by Crippen LogP contribution is -1.96. The first-order valence-corrected chi connectivity index (χ1v) is 5.55. The molecular formula is C12H12N2O4. The van der Waals surface area contributed by atoms with Gasteiger partial charge < -0.3 is 9.67 Å². The zero-order chi connectivity index (χ0) is 13.3. The Morgan fingerprint density at radius 1 is 1.50 bits per heavy atom. The average Bonchev–Trinajstić information content (AvgIpc) is 2.69. The molecule has 0 atom stereocenters. The minimum absolute atomic E-state index is 0.0225. The van der Waals surface area contributed by atoms with E-state index in [-0.39, 0.29) is 16.6 Å². The number of rotatable bonds is 4. The molecule has 0 fully saturated rings. The van der Waals surface area contributed by atoms with Gasteiger partial charge in [0, 0.05) is 18.8 Å². The zero-order valence-corrected chi connectivity index (χ0v) is 9.79. The van der Waals surface area contributed by atoms with Crippen molar-refractivity contribution in [1.29, 1.82) is 0 Å². The maximum atomic E-state index is 11.2. The Labute approximate surface area is 103 Å². The van der Waals surface area contributed by atoms with Crippen LogP contribution in [0.15, 0.2) is 24.4 Å². The maximum absolute atomic E-state index is 11.2. The molecular weight excluding hydrogens is 236 g/mol. The number of carboxylic acid groups (broad SMARTS) is 1. The van der Waals surface area contributed by atoms with Gasteiger partial charge in [0.05, 0.1) is 21.4 Å². The summed E-state index contributed by atoms with van der Waals surface area (Å²) < 4.78 is 1.74. The molecule has 0 saturated heterocycles. The van der Waals surface area contributed by atoms with E-state index in [9.17, 15) is 14.9 Å². The average molecular weight is 248 g/mol. The van der Waals surface area contributed by atoms with Gasteiger partial charge in [-0.1, -0.05) is 13.0 Å². The zero-order valence-electron chi connectivity index (χ0n) is 9.79. The normalized spacial score (nSPS) is 10.7. The number of nitro benzene ring substituents is 1. The second-order valence-electron chi connectivity index (χ2n) is 3.97. The first-order valence-electron chi connectivity index (χ1n) is 5.55. The summed E-state index contributed by atoms with van der Waals surface area (Å²) in [5, 5.41) is 20.3. The van der Waals surface area contributed by atoms with E-state index in [1.807, 2.05) is 6.92 Å². The first kappa shape index (κ1) is 12.1. The Morgan fingerprint density at radius 3 is 2.78 bits per heavy atom. The Bertz CT molecular complexity index is 630. The van der Waals surface area contributed by atoms with Gasteiger partial charge in [-0.15, -0.1) is 0 Å². The number of non-ortho nitro benzene ring substituents is 1. The van der Waals surface area contributed by atoms with Crippen LogP contribution in [0.3, 0.4) is 0 Å². The fourth-order valence-electron chi connectivity index (χ4n) is 2.07. The minimum Gasteiger partial charge on any atom is -0.478 e. The monoisotopic (exact) mass is 248 g/mol. The number of aryl methyl sites for hydroxylation is 1. The van der Waals surface area contributed by atoms with Crippen LogP contribution in [0, 0.1) is 10.1 Å². The largest absolute Gasteiger partial charge is 0.478 e. The summed E-state index contributed by atoms with van der Waals surface area (Å²) in [6.07, 6.45) is 2.29. The van der Waals surface area contributed by atoms with E-state index < -0.39 is 10.9 Å². The van der Waals surface area contributed by atoms with Crippen molar-refractivity contribution in [1.82, 2.24) is 4.57 Å². The third kappa shape index (κ3) is 1.81. The maximum Gasteiger partial charge on any atom is 0.338 e. The SMILES string of the molecule is CCCn1cc(C(=O)O)c2c([N+](=O)[O-])cccc21. The van der Waals surface area contributed by atoms with Crippen LogP contribution in [-0.2, 0) is 6.54 Å². The lowest BCUT2D eigenvalue weighted by atomic mass is 10.1. The molecule has 0 saturated carbocycles. The molecule has 0 aliphatic heterocycles. The minimum atomic E-state index is -1.15. The number of fused-ring (bicyclic) bond motifs is 1. The molecule has 0 radical (unpaired) electrons. The molecule has 0 aliphatic carbocycles. The highest BCUT2D eigenvalue weighted by molar-refractivity contribution is 6.07. The lowest BCUT2D eigenvalue weighted by molar-refractivity contribution is -0.383. The predicted molar refractivity (Wildman–Crippen MR) is 65.8 cm³/mol. The molecule has 6 nitrogen and oxygen atoms in total. The molecule has 0 aliphatic rings. The highest BCUT2D eigenvalue weighted by atomic mass is 16.6. The van der Waals surface area contributed by atoms with E-state index in [0.29, 0.717) is 12.1 Å². The van der Waals surface area contributed by atoms with Gasteiger partial charge >= 0.3 is 5.97 Å². The first-order chi connectivity index (χ1) is 8.56. The van der Waals surface area contributed by atoms with Gasteiger partial charge in [-0.25, -0.2) is 4.79 Å². The highest BCUT2D eigenvalue weighted by Crippen LogP contribution is 2.30. The number of nitro groups is 1. The summed E-state index contributed by atoms with van der Waals surface area (Å²) in [7, 11) is 0. The summed E-state index contributed by atoms with van der Waals surface area (Å²) in [4.78, 5) is 21.6. The predicted octanol–water partition coefficient (Wildman–Crippen LogP) is 2.66. The van der Waals surface area contributed by atoms with Gasteiger partial charge in [-0.3, -0.25) is 10.1 Å². The lowest BCUT2D eigenvalue weighted by Gasteiger charge is -2.01. The van der Waals surface area contributed by atoms with Crippen LogP contribution in [-0.4, -0.2) is 20.6 Å².